The Kier molecular flexibility index (Phi) is 7.29. The minimum Gasteiger partial charge on any atom is -0.490 e. The molecule has 0 aliphatic rings. The first-order valence-electron chi connectivity index (χ1n) is 7.18. The fourth-order valence-electron chi connectivity index (χ4n) is 1.68. The van der Waals surface area contributed by atoms with Gasteiger partial charge in [-0.3, -0.25) is 9.59 Å². The molecule has 0 aromatic heterocycles. The maximum absolute atomic E-state index is 11.7. The molecule has 1 rings (SSSR count). The highest BCUT2D eigenvalue weighted by Crippen LogP contribution is 2.27. The summed E-state index contributed by atoms with van der Waals surface area (Å²) in [4.78, 5) is 22.4. The quantitative estimate of drug-likeness (QED) is 0.710. The number of aldehydes is 1. The van der Waals surface area contributed by atoms with Crippen LogP contribution in [0.3, 0.4) is 0 Å². The third-order valence-corrected chi connectivity index (χ3v) is 2.81. The Balaban J connectivity index is 2.53. The standard InChI is InChI=1S/C16H23NO4/c1-4-20-15-9-13(10-18)5-6-14(15)21-11-16(19)17-8-7-12(2)3/h5-6,9-10,12H,4,7-8,11H2,1-3H3,(H,17,19). The second kappa shape index (κ2) is 9.00. The van der Waals surface area contributed by atoms with E-state index in [0.29, 0.717) is 36.1 Å². The van der Waals surface area contributed by atoms with E-state index in [1.807, 2.05) is 6.92 Å². The zero-order valence-corrected chi connectivity index (χ0v) is 12.8. The molecule has 0 saturated heterocycles. The number of benzene rings is 1. The summed E-state index contributed by atoms with van der Waals surface area (Å²) in [6, 6.07) is 4.86. The Morgan fingerprint density at radius 3 is 2.67 bits per heavy atom. The smallest absolute Gasteiger partial charge is 0.257 e. The number of carbonyl (C=O) groups excluding carboxylic acids is 2. The molecule has 0 aliphatic carbocycles. The lowest BCUT2D eigenvalue weighted by Gasteiger charge is -2.12. The van der Waals surface area contributed by atoms with Gasteiger partial charge < -0.3 is 14.8 Å². The first kappa shape index (κ1) is 17.0. The highest BCUT2D eigenvalue weighted by Gasteiger charge is 2.09. The number of hydrogen-bond acceptors (Lipinski definition) is 4. The largest absolute Gasteiger partial charge is 0.490 e. The first-order chi connectivity index (χ1) is 10.1. The average molecular weight is 293 g/mol. The van der Waals surface area contributed by atoms with Gasteiger partial charge in [0.1, 0.15) is 6.29 Å². The fourth-order valence-corrected chi connectivity index (χ4v) is 1.68. The van der Waals surface area contributed by atoms with Crippen LogP contribution in [0.1, 0.15) is 37.6 Å². The molecule has 0 fully saturated rings. The minimum atomic E-state index is -0.169. The second-order valence-corrected chi connectivity index (χ2v) is 5.08. The molecular formula is C16H23NO4. The summed E-state index contributed by atoms with van der Waals surface area (Å²) in [5, 5.41) is 2.80. The monoisotopic (exact) mass is 293 g/mol. The van der Waals surface area contributed by atoms with Crippen molar-refractivity contribution in [1.82, 2.24) is 5.32 Å². The van der Waals surface area contributed by atoms with E-state index in [2.05, 4.69) is 19.2 Å². The van der Waals surface area contributed by atoms with Crippen LogP contribution in [-0.4, -0.2) is 32.0 Å². The Hall–Kier alpha value is -2.04. The molecule has 1 aromatic carbocycles. The maximum Gasteiger partial charge on any atom is 0.257 e. The van der Waals surface area contributed by atoms with Crippen LogP contribution in [0.15, 0.2) is 18.2 Å². The Morgan fingerprint density at radius 2 is 2.05 bits per heavy atom. The molecule has 1 amide bonds. The summed E-state index contributed by atoms with van der Waals surface area (Å²) in [6.45, 7) is 7.08. The average Bonchev–Trinajstić information content (AvgIpc) is 2.45. The van der Waals surface area contributed by atoms with Gasteiger partial charge in [0.05, 0.1) is 6.61 Å². The SMILES string of the molecule is CCOc1cc(C=O)ccc1OCC(=O)NCCC(C)C. The van der Waals surface area contributed by atoms with E-state index in [9.17, 15) is 9.59 Å². The van der Waals surface area contributed by atoms with Crippen molar-refractivity contribution in [3.05, 3.63) is 23.8 Å². The third kappa shape index (κ3) is 6.29. The molecule has 0 bridgehead atoms. The van der Waals surface area contributed by atoms with E-state index in [-0.39, 0.29) is 12.5 Å². The van der Waals surface area contributed by atoms with Crippen molar-refractivity contribution in [2.45, 2.75) is 27.2 Å². The van der Waals surface area contributed by atoms with Crippen LogP contribution in [0.25, 0.3) is 0 Å². The van der Waals surface area contributed by atoms with Gasteiger partial charge in [0.25, 0.3) is 5.91 Å². The number of hydrogen-bond donors (Lipinski definition) is 1. The van der Waals surface area contributed by atoms with E-state index < -0.39 is 0 Å². The van der Waals surface area contributed by atoms with E-state index in [4.69, 9.17) is 9.47 Å². The fraction of sp³-hybridized carbons (Fsp3) is 0.500. The van der Waals surface area contributed by atoms with Gasteiger partial charge in [-0.25, -0.2) is 0 Å². The van der Waals surface area contributed by atoms with E-state index in [0.717, 1.165) is 12.7 Å². The molecule has 0 aliphatic heterocycles. The normalized spacial score (nSPS) is 10.3. The highest BCUT2D eigenvalue weighted by molar-refractivity contribution is 5.78. The lowest BCUT2D eigenvalue weighted by atomic mass is 10.1. The van der Waals surface area contributed by atoms with Crippen molar-refractivity contribution in [3.8, 4) is 11.5 Å². The van der Waals surface area contributed by atoms with Crippen LogP contribution in [0, 0.1) is 5.92 Å². The summed E-state index contributed by atoms with van der Waals surface area (Å²) in [5.41, 5.74) is 0.507. The molecule has 5 nitrogen and oxygen atoms in total. The molecule has 0 unspecified atom stereocenters. The number of rotatable bonds is 9. The van der Waals surface area contributed by atoms with Gasteiger partial charge in [0, 0.05) is 12.1 Å². The molecule has 116 valence electrons. The first-order valence-corrected chi connectivity index (χ1v) is 7.18. The summed E-state index contributed by atoms with van der Waals surface area (Å²) >= 11 is 0. The predicted octanol–water partition coefficient (Wildman–Crippen LogP) is 2.44. The van der Waals surface area contributed by atoms with Crippen molar-refractivity contribution in [3.63, 3.8) is 0 Å². The van der Waals surface area contributed by atoms with Crippen LogP contribution in [0.2, 0.25) is 0 Å². The lowest BCUT2D eigenvalue weighted by Crippen LogP contribution is -2.30. The lowest BCUT2D eigenvalue weighted by molar-refractivity contribution is -0.123. The summed E-state index contributed by atoms with van der Waals surface area (Å²) in [6.07, 6.45) is 1.68. The van der Waals surface area contributed by atoms with E-state index in [1.54, 1.807) is 18.2 Å². The molecule has 0 spiro atoms. The van der Waals surface area contributed by atoms with Gasteiger partial charge in [-0.1, -0.05) is 13.8 Å². The molecular weight excluding hydrogens is 270 g/mol. The molecule has 21 heavy (non-hydrogen) atoms. The van der Waals surface area contributed by atoms with Crippen molar-refractivity contribution in [2.75, 3.05) is 19.8 Å². The minimum absolute atomic E-state index is 0.0708. The Labute approximate surface area is 125 Å². The Bertz CT molecular complexity index is 471. The van der Waals surface area contributed by atoms with Crippen LogP contribution in [0.4, 0.5) is 0 Å². The number of carbonyl (C=O) groups is 2. The Morgan fingerprint density at radius 1 is 1.29 bits per heavy atom. The van der Waals surface area contributed by atoms with Gasteiger partial charge in [-0.05, 0) is 37.5 Å². The van der Waals surface area contributed by atoms with Crippen LogP contribution in [-0.2, 0) is 4.79 Å². The third-order valence-electron chi connectivity index (χ3n) is 2.81. The van der Waals surface area contributed by atoms with Gasteiger partial charge >= 0.3 is 0 Å². The number of nitrogens with one attached hydrogen (secondary N) is 1. The van der Waals surface area contributed by atoms with Crippen molar-refractivity contribution >= 4 is 12.2 Å². The molecule has 0 radical (unpaired) electrons. The van der Waals surface area contributed by atoms with Gasteiger partial charge in [-0.2, -0.15) is 0 Å². The van der Waals surface area contributed by atoms with Crippen LogP contribution >= 0.6 is 0 Å². The molecule has 1 aromatic rings. The van der Waals surface area contributed by atoms with Crippen molar-refractivity contribution in [1.29, 1.82) is 0 Å². The summed E-state index contributed by atoms with van der Waals surface area (Å²) < 4.78 is 10.9. The topological polar surface area (TPSA) is 64.6 Å². The van der Waals surface area contributed by atoms with Crippen LogP contribution in [0.5, 0.6) is 11.5 Å². The zero-order valence-electron chi connectivity index (χ0n) is 12.8. The van der Waals surface area contributed by atoms with Gasteiger partial charge in [-0.15, -0.1) is 0 Å². The summed E-state index contributed by atoms with van der Waals surface area (Å²) in [7, 11) is 0. The maximum atomic E-state index is 11.7. The highest BCUT2D eigenvalue weighted by atomic mass is 16.5. The van der Waals surface area contributed by atoms with E-state index in [1.165, 1.54) is 0 Å². The van der Waals surface area contributed by atoms with Gasteiger partial charge in [0.15, 0.2) is 18.1 Å². The zero-order chi connectivity index (χ0) is 15.7. The summed E-state index contributed by atoms with van der Waals surface area (Å²) in [5.74, 6) is 1.31. The number of amides is 1. The molecule has 0 heterocycles. The molecule has 0 atom stereocenters. The number of ether oxygens (including phenoxy) is 2. The van der Waals surface area contributed by atoms with Crippen molar-refractivity contribution in [2.24, 2.45) is 5.92 Å². The molecule has 0 saturated carbocycles. The molecule has 1 N–H and O–H groups in total. The second-order valence-electron chi connectivity index (χ2n) is 5.08. The van der Waals surface area contributed by atoms with Crippen LogP contribution < -0.4 is 14.8 Å². The van der Waals surface area contributed by atoms with Gasteiger partial charge in [0.2, 0.25) is 0 Å². The van der Waals surface area contributed by atoms with Crippen molar-refractivity contribution < 1.29 is 19.1 Å². The predicted molar refractivity (Wildman–Crippen MR) is 81.0 cm³/mol. The van der Waals surface area contributed by atoms with E-state index >= 15 is 0 Å². The molecule has 5 heteroatoms.